The number of aromatic nitrogens is 1. The van der Waals surface area contributed by atoms with E-state index in [0.717, 1.165) is 24.0 Å². The Morgan fingerprint density at radius 1 is 1.15 bits per heavy atom. The topological polar surface area (TPSA) is 52.6 Å². The lowest BCUT2D eigenvalue weighted by Crippen LogP contribution is -2.38. The number of hydrogen-bond donors (Lipinski definition) is 2. The summed E-state index contributed by atoms with van der Waals surface area (Å²) < 4.78 is 0. The number of anilines is 1. The highest BCUT2D eigenvalue weighted by Gasteiger charge is 2.07. The standard InChI is InChI=1S/C20H29N5.HI/c1-15-8-6-9-17(12-15)16(2)13-22-20(21-3)23-14-18-10-7-11-19(24-18)25(4)5;/h6-12,16H,13-14H2,1-5H3,(H2,21,22,23);1H. The molecule has 0 spiro atoms. The van der Waals surface area contributed by atoms with E-state index < -0.39 is 0 Å². The van der Waals surface area contributed by atoms with Crippen LogP contribution in [0.4, 0.5) is 5.82 Å². The van der Waals surface area contributed by atoms with Crippen molar-refractivity contribution >= 4 is 35.8 Å². The van der Waals surface area contributed by atoms with Gasteiger partial charge in [-0.05, 0) is 30.5 Å². The van der Waals surface area contributed by atoms with Crippen LogP contribution in [0.2, 0.25) is 0 Å². The van der Waals surface area contributed by atoms with Crippen LogP contribution >= 0.6 is 24.0 Å². The Morgan fingerprint density at radius 2 is 1.88 bits per heavy atom. The van der Waals surface area contributed by atoms with Crippen molar-refractivity contribution in [2.75, 3.05) is 32.6 Å². The Hall–Kier alpha value is -1.83. The van der Waals surface area contributed by atoms with Gasteiger partial charge in [0.05, 0.1) is 12.2 Å². The lowest BCUT2D eigenvalue weighted by Gasteiger charge is -2.17. The Bertz CT molecular complexity index is 715. The van der Waals surface area contributed by atoms with Crippen molar-refractivity contribution in [2.45, 2.75) is 26.3 Å². The molecule has 6 heteroatoms. The second-order valence-electron chi connectivity index (χ2n) is 6.50. The van der Waals surface area contributed by atoms with E-state index in [1.54, 1.807) is 7.05 Å². The summed E-state index contributed by atoms with van der Waals surface area (Å²) in [6, 6.07) is 14.7. The van der Waals surface area contributed by atoms with Crippen molar-refractivity contribution in [3.8, 4) is 0 Å². The van der Waals surface area contributed by atoms with Gasteiger partial charge in [0.25, 0.3) is 0 Å². The van der Waals surface area contributed by atoms with E-state index in [4.69, 9.17) is 0 Å². The highest BCUT2D eigenvalue weighted by atomic mass is 127. The van der Waals surface area contributed by atoms with E-state index in [9.17, 15) is 0 Å². The number of nitrogens with zero attached hydrogens (tertiary/aromatic N) is 3. The van der Waals surface area contributed by atoms with E-state index in [0.29, 0.717) is 12.5 Å². The van der Waals surface area contributed by atoms with Crippen molar-refractivity contribution in [1.29, 1.82) is 0 Å². The van der Waals surface area contributed by atoms with Crippen LogP contribution < -0.4 is 15.5 Å². The van der Waals surface area contributed by atoms with Crippen molar-refractivity contribution in [3.05, 3.63) is 59.3 Å². The van der Waals surface area contributed by atoms with Gasteiger partial charge in [-0.3, -0.25) is 4.99 Å². The molecule has 0 aliphatic heterocycles. The van der Waals surface area contributed by atoms with E-state index in [-0.39, 0.29) is 24.0 Å². The normalized spacial score (nSPS) is 12.1. The summed E-state index contributed by atoms with van der Waals surface area (Å²) in [7, 11) is 5.77. The molecule has 0 saturated carbocycles. The molecule has 1 aromatic heterocycles. The van der Waals surface area contributed by atoms with Gasteiger partial charge in [0.2, 0.25) is 0 Å². The molecule has 2 N–H and O–H groups in total. The zero-order chi connectivity index (χ0) is 18.2. The fourth-order valence-corrected chi connectivity index (χ4v) is 2.55. The molecular weight excluding hydrogens is 437 g/mol. The van der Waals surface area contributed by atoms with Crippen LogP contribution in [0.15, 0.2) is 47.5 Å². The first-order valence-corrected chi connectivity index (χ1v) is 8.64. The molecule has 0 saturated heterocycles. The van der Waals surface area contributed by atoms with Gasteiger partial charge >= 0.3 is 0 Å². The largest absolute Gasteiger partial charge is 0.363 e. The minimum absolute atomic E-state index is 0. The van der Waals surface area contributed by atoms with Crippen LogP contribution in [-0.4, -0.2) is 38.6 Å². The Balaban J connectivity index is 0.00000338. The fourth-order valence-electron chi connectivity index (χ4n) is 2.55. The second kappa shape index (κ2) is 11.0. The summed E-state index contributed by atoms with van der Waals surface area (Å²) in [6.45, 7) is 5.81. The highest BCUT2D eigenvalue weighted by Crippen LogP contribution is 2.15. The number of aryl methyl sites for hydroxylation is 1. The third-order valence-electron chi connectivity index (χ3n) is 4.10. The van der Waals surface area contributed by atoms with Crippen LogP contribution in [0.1, 0.15) is 29.7 Å². The maximum Gasteiger partial charge on any atom is 0.191 e. The average Bonchev–Trinajstić information content (AvgIpc) is 2.61. The Labute approximate surface area is 174 Å². The van der Waals surface area contributed by atoms with E-state index in [1.165, 1.54) is 11.1 Å². The molecule has 1 unspecified atom stereocenters. The maximum atomic E-state index is 4.61. The summed E-state index contributed by atoms with van der Waals surface area (Å²) in [5, 5.41) is 6.72. The molecule has 2 aromatic rings. The van der Waals surface area contributed by atoms with E-state index >= 15 is 0 Å². The summed E-state index contributed by atoms with van der Waals surface area (Å²) in [4.78, 5) is 10.9. The van der Waals surface area contributed by atoms with Gasteiger partial charge in [-0.25, -0.2) is 4.98 Å². The molecule has 0 bridgehead atoms. The first-order chi connectivity index (χ1) is 12.0. The summed E-state index contributed by atoms with van der Waals surface area (Å²) in [6.07, 6.45) is 0. The van der Waals surface area contributed by atoms with Gasteiger partial charge in [-0.1, -0.05) is 42.8 Å². The lowest BCUT2D eigenvalue weighted by atomic mass is 9.99. The summed E-state index contributed by atoms with van der Waals surface area (Å²) in [5.74, 6) is 2.15. The monoisotopic (exact) mass is 467 g/mol. The van der Waals surface area contributed by atoms with Crippen LogP contribution in [0, 0.1) is 6.92 Å². The Kier molecular flexibility index (Phi) is 9.40. The highest BCUT2D eigenvalue weighted by molar-refractivity contribution is 14.0. The number of aliphatic imine (C=N–C) groups is 1. The van der Waals surface area contributed by atoms with E-state index in [2.05, 4.69) is 58.7 Å². The number of halogens is 1. The van der Waals surface area contributed by atoms with Crippen molar-refractivity contribution < 1.29 is 0 Å². The average molecular weight is 467 g/mol. The van der Waals surface area contributed by atoms with Crippen LogP contribution in [0.25, 0.3) is 0 Å². The van der Waals surface area contributed by atoms with Gasteiger partial charge in [0, 0.05) is 27.7 Å². The minimum Gasteiger partial charge on any atom is -0.363 e. The molecule has 5 nitrogen and oxygen atoms in total. The molecule has 142 valence electrons. The number of hydrogen-bond acceptors (Lipinski definition) is 3. The Morgan fingerprint density at radius 3 is 2.54 bits per heavy atom. The molecule has 0 fully saturated rings. The molecule has 0 amide bonds. The number of nitrogens with one attached hydrogen (secondary N) is 2. The minimum atomic E-state index is 0. The number of benzene rings is 1. The quantitative estimate of drug-likeness (QED) is 0.388. The van der Waals surface area contributed by atoms with Gasteiger partial charge in [-0.15, -0.1) is 24.0 Å². The smallest absolute Gasteiger partial charge is 0.191 e. The lowest BCUT2D eigenvalue weighted by molar-refractivity contribution is 0.696. The van der Waals surface area contributed by atoms with E-state index in [1.807, 2.05) is 37.2 Å². The SMILES string of the molecule is CN=C(NCc1cccc(N(C)C)n1)NCC(C)c1cccc(C)c1.I. The van der Waals surface area contributed by atoms with Gasteiger partial charge < -0.3 is 15.5 Å². The first kappa shape index (κ1) is 22.2. The molecule has 1 aromatic carbocycles. The third-order valence-corrected chi connectivity index (χ3v) is 4.10. The van der Waals surface area contributed by atoms with Crippen LogP contribution in [0.5, 0.6) is 0 Å². The first-order valence-electron chi connectivity index (χ1n) is 8.64. The van der Waals surface area contributed by atoms with Crippen LogP contribution in [-0.2, 0) is 6.54 Å². The fraction of sp³-hybridized carbons (Fsp3) is 0.400. The molecule has 0 aliphatic carbocycles. The molecule has 1 heterocycles. The summed E-state index contributed by atoms with van der Waals surface area (Å²) >= 11 is 0. The molecular formula is C20H30IN5. The second-order valence-corrected chi connectivity index (χ2v) is 6.50. The maximum absolute atomic E-state index is 4.61. The van der Waals surface area contributed by atoms with Gasteiger partial charge in [0.15, 0.2) is 5.96 Å². The predicted octanol–water partition coefficient (Wildman–Crippen LogP) is 3.54. The van der Waals surface area contributed by atoms with Crippen molar-refractivity contribution in [2.24, 2.45) is 4.99 Å². The van der Waals surface area contributed by atoms with Gasteiger partial charge in [-0.2, -0.15) is 0 Å². The number of rotatable bonds is 6. The number of pyridine rings is 1. The van der Waals surface area contributed by atoms with Crippen LogP contribution in [0.3, 0.4) is 0 Å². The molecule has 0 radical (unpaired) electrons. The number of guanidine groups is 1. The van der Waals surface area contributed by atoms with Crippen molar-refractivity contribution in [1.82, 2.24) is 15.6 Å². The zero-order valence-electron chi connectivity index (χ0n) is 16.3. The molecule has 26 heavy (non-hydrogen) atoms. The predicted molar refractivity (Wildman–Crippen MR) is 122 cm³/mol. The summed E-state index contributed by atoms with van der Waals surface area (Å²) in [5.41, 5.74) is 3.61. The molecule has 0 aliphatic rings. The van der Waals surface area contributed by atoms with Gasteiger partial charge in [0.1, 0.15) is 5.82 Å². The molecule has 1 atom stereocenters. The van der Waals surface area contributed by atoms with Crippen molar-refractivity contribution in [3.63, 3.8) is 0 Å². The third kappa shape index (κ3) is 6.82. The zero-order valence-corrected chi connectivity index (χ0v) is 18.6. The molecule has 2 rings (SSSR count).